The Kier molecular flexibility index (Phi) is 5.28. The molecule has 1 fully saturated rings. The topological polar surface area (TPSA) is 42.5 Å². The number of ether oxygens (including phenoxy) is 2. The van der Waals surface area contributed by atoms with E-state index in [1.807, 2.05) is 0 Å². The van der Waals surface area contributed by atoms with Crippen molar-refractivity contribution >= 4 is 17.3 Å². The lowest BCUT2D eigenvalue weighted by Gasteiger charge is -2.35. The summed E-state index contributed by atoms with van der Waals surface area (Å²) < 4.78 is 10.3. The predicted molar refractivity (Wildman–Crippen MR) is 64.1 cm³/mol. The molecule has 0 aromatic rings. The molecule has 1 aliphatic rings. The van der Waals surface area contributed by atoms with Gasteiger partial charge in [0.15, 0.2) is 5.11 Å². The molecule has 0 radical (unpaired) electrons. The van der Waals surface area contributed by atoms with E-state index < -0.39 is 0 Å². The number of hydrogen-bond donors (Lipinski definition) is 2. The molecule has 0 amide bonds. The highest BCUT2D eigenvalue weighted by Crippen LogP contribution is 2.19. The van der Waals surface area contributed by atoms with Crippen LogP contribution >= 0.6 is 12.2 Å². The minimum Gasteiger partial charge on any atom is -0.383 e. The molecule has 2 N–H and O–H groups in total. The van der Waals surface area contributed by atoms with Crippen LogP contribution in [0.5, 0.6) is 0 Å². The molecule has 5 heteroatoms. The first-order valence-electron chi connectivity index (χ1n) is 5.29. The lowest BCUT2D eigenvalue weighted by atomic mass is 9.93. The van der Waals surface area contributed by atoms with E-state index in [-0.39, 0.29) is 5.54 Å². The molecule has 1 saturated heterocycles. The average molecular weight is 232 g/mol. The third-order valence-electron chi connectivity index (χ3n) is 2.60. The van der Waals surface area contributed by atoms with Crippen molar-refractivity contribution in [2.24, 2.45) is 0 Å². The fraction of sp³-hybridized carbons (Fsp3) is 0.900. The summed E-state index contributed by atoms with van der Waals surface area (Å²) in [4.78, 5) is 0. The van der Waals surface area contributed by atoms with E-state index in [4.69, 9.17) is 21.7 Å². The van der Waals surface area contributed by atoms with Gasteiger partial charge in [-0.3, -0.25) is 0 Å². The van der Waals surface area contributed by atoms with Crippen LogP contribution in [0.25, 0.3) is 0 Å². The molecular weight excluding hydrogens is 212 g/mol. The van der Waals surface area contributed by atoms with Gasteiger partial charge in [-0.2, -0.15) is 0 Å². The van der Waals surface area contributed by atoms with E-state index in [1.54, 1.807) is 7.11 Å². The van der Waals surface area contributed by atoms with Gasteiger partial charge in [0.25, 0.3) is 0 Å². The summed E-state index contributed by atoms with van der Waals surface area (Å²) in [7, 11) is 1.68. The molecule has 15 heavy (non-hydrogen) atoms. The summed E-state index contributed by atoms with van der Waals surface area (Å²) in [6.45, 7) is 5.21. The zero-order valence-electron chi connectivity index (χ0n) is 9.47. The molecule has 0 unspecified atom stereocenters. The van der Waals surface area contributed by atoms with E-state index in [1.165, 1.54) is 0 Å². The van der Waals surface area contributed by atoms with Crippen molar-refractivity contribution in [2.75, 3.05) is 33.5 Å². The maximum Gasteiger partial charge on any atom is 0.166 e. The zero-order valence-corrected chi connectivity index (χ0v) is 10.3. The summed E-state index contributed by atoms with van der Waals surface area (Å²) in [6.07, 6.45) is 2.00. The van der Waals surface area contributed by atoms with Crippen LogP contribution in [0.3, 0.4) is 0 Å². The smallest absolute Gasteiger partial charge is 0.166 e. The molecular formula is C10H20N2O2S. The van der Waals surface area contributed by atoms with Crippen LogP contribution in [-0.2, 0) is 9.47 Å². The van der Waals surface area contributed by atoms with Gasteiger partial charge in [-0.15, -0.1) is 0 Å². The van der Waals surface area contributed by atoms with Gasteiger partial charge in [-0.05, 0) is 32.0 Å². The van der Waals surface area contributed by atoms with E-state index in [2.05, 4.69) is 17.6 Å². The molecule has 0 spiro atoms. The van der Waals surface area contributed by atoms with Crippen molar-refractivity contribution in [2.45, 2.75) is 25.3 Å². The molecule has 0 aromatic carbocycles. The first-order valence-corrected chi connectivity index (χ1v) is 5.70. The van der Waals surface area contributed by atoms with Crippen molar-refractivity contribution in [3.63, 3.8) is 0 Å². The van der Waals surface area contributed by atoms with Gasteiger partial charge in [-0.1, -0.05) is 0 Å². The van der Waals surface area contributed by atoms with E-state index >= 15 is 0 Å². The quantitative estimate of drug-likeness (QED) is 0.551. The molecule has 0 saturated carbocycles. The lowest BCUT2D eigenvalue weighted by Crippen LogP contribution is -2.53. The van der Waals surface area contributed by atoms with E-state index in [0.717, 1.165) is 32.6 Å². The Morgan fingerprint density at radius 3 is 2.73 bits per heavy atom. The Morgan fingerprint density at radius 1 is 1.47 bits per heavy atom. The first kappa shape index (κ1) is 12.7. The van der Waals surface area contributed by atoms with Crippen molar-refractivity contribution < 1.29 is 9.47 Å². The second kappa shape index (κ2) is 6.25. The van der Waals surface area contributed by atoms with Gasteiger partial charge in [-0.25, -0.2) is 0 Å². The molecule has 1 aliphatic heterocycles. The molecule has 88 valence electrons. The molecule has 0 aromatic heterocycles. The highest BCUT2D eigenvalue weighted by Gasteiger charge is 2.27. The number of thiocarbonyl (C=S) groups is 1. The number of hydrogen-bond acceptors (Lipinski definition) is 3. The summed E-state index contributed by atoms with van der Waals surface area (Å²) >= 11 is 5.20. The van der Waals surface area contributed by atoms with Gasteiger partial charge in [0.1, 0.15) is 0 Å². The Balaban J connectivity index is 2.23. The van der Waals surface area contributed by atoms with Crippen molar-refractivity contribution in [1.29, 1.82) is 0 Å². The fourth-order valence-electron chi connectivity index (χ4n) is 1.53. The summed E-state index contributed by atoms with van der Waals surface area (Å²) in [5.41, 5.74) is 0.0788. The van der Waals surface area contributed by atoms with Gasteiger partial charge < -0.3 is 20.1 Å². The molecule has 4 nitrogen and oxygen atoms in total. The Labute approximate surface area is 96.7 Å². The number of nitrogens with one attached hydrogen (secondary N) is 2. The molecule has 1 rings (SSSR count). The van der Waals surface area contributed by atoms with Gasteiger partial charge in [0.2, 0.25) is 0 Å². The van der Waals surface area contributed by atoms with Crippen LogP contribution < -0.4 is 10.6 Å². The zero-order chi connectivity index (χ0) is 11.1. The number of methoxy groups -OCH3 is 1. The predicted octanol–water partition coefficient (Wildman–Crippen LogP) is 0.666. The van der Waals surface area contributed by atoms with E-state index in [0.29, 0.717) is 11.7 Å². The SMILES string of the molecule is COCCNC(=S)NC1(C)CCOCC1. The van der Waals surface area contributed by atoms with Crippen LogP contribution in [0.4, 0.5) is 0 Å². The van der Waals surface area contributed by atoms with Crippen LogP contribution in [0, 0.1) is 0 Å². The van der Waals surface area contributed by atoms with Crippen LogP contribution in [0.15, 0.2) is 0 Å². The molecule has 0 atom stereocenters. The summed E-state index contributed by atoms with van der Waals surface area (Å²) in [6, 6.07) is 0. The number of rotatable bonds is 4. The Bertz CT molecular complexity index is 206. The van der Waals surface area contributed by atoms with Crippen LogP contribution in [0.2, 0.25) is 0 Å². The third-order valence-corrected chi connectivity index (χ3v) is 2.85. The highest BCUT2D eigenvalue weighted by atomic mass is 32.1. The van der Waals surface area contributed by atoms with Gasteiger partial charge in [0, 0.05) is 32.4 Å². The second-order valence-corrected chi connectivity index (χ2v) is 4.45. The van der Waals surface area contributed by atoms with Crippen molar-refractivity contribution in [3.05, 3.63) is 0 Å². The van der Waals surface area contributed by atoms with Gasteiger partial charge >= 0.3 is 0 Å². The first-order chi connectivity index (χ1) is 7.16. The van der Waals surface area contributed by atoms with Gasteiger partial charge in [0.05, 0.1) is 6.61 Å². The second-order valence-electron chi connectivity index (χ2n) is 4.05. The molecule has 0 aliphatic carbocycles. The molecule has 1 heterocycles. The summed E-state index contributed by atoms with van der Waals surface area (Å²) in [5, 5.41) is 7.15. The minimum atomic E-state index is 0.0788. The lowest BCUT2D eigenvalue weighted by molar-refractivity contribution is 0.0523. The minimum absolute atomic E-state index is 0.0788. The van der Waals surface area contributed by atoms with Crippen molar-refractivity contribution in [3.8, 4) is 0 Å². The van der Waals surface area contributed by atoms with Crippen LogP contribution in [-0.4, -0.2) is 44.1 Å². The maximum absolute atomic E-state index is 5.32. The van der Waals surface area contributed by atoms with Crippen LogP contribution in [0.1, 0.15) is 19.8 Å². The fourth-order valence-corrected chi connectivity index (χ4v) is 1.88. The standard InChI is InChI=1S/C10H20N2O2S/c1-10(3-6-14-7-4-10)12-9(15)11-5-8-13-2/h3-8H2,1-2H3,(H2,11,12,15). The maximum atomic E-state index is 5.32. The van der Waals surface area contributed by atoms with Crippen molar-refractivity contribution in [1.82, 2.24) is 10.6 Å². The largest absolute Gasteiger partial charge is 0.383 e. The Hall–Kier alpha value is -0.390. The molecule has 0 bridgehead atoms. The normalized spacial score (nSPS) is 19.6. The average Bonchev–Trinajstić information content (AvgIpc) is 2.18. The monoisotopic (exact) mass is 232 g/mol. The Morgan fingerprint density at radius 2 is 2.13 bits per heavy atom. The van der Waals surface area contributed by atoms with E-state index in [9.17, 15) is 0 Å². The summed E-state index contributed by atoms with van der Waals surface area (Å²) in [5.74, 6) is 0. The third kappa shape index (κ3) is 4.77. The highest BCUT2D eigenvalue weighted by molar-refractivity contribution is 7.80.